The summed E-state index contributed by atoms with van der Waals surface area (Å²) in [7, 11) is 0. The highest BCUT2D eigenvalue weighted by Gasteiger charge is 2.21. The number of fused-ring (bicyclic) bond motifs is 1. The Bertz CT molecular complexity index is 885. The maximum Gasteiger partial charge on any atom is 0.227 e. The summed E-state index contributed by atoms with van der Waals surface area (Å²) >= 11 is 0. The summed E-state index contributed by atoms with van der Waals surface area (Å²) in [5, 5.41) is 0. The van der Waals surface area contributed by atoms with E-state index in [9.17, 15) is 9.59 Å². The highest BCUT2D eigenvalue weighted by atomic mass is 16.5. The molecular weight excluding hydrogens is 314 g/mol. The molecule has 1 aromatic carbocycles. The minimum absolute atomic E-state index is 0.0449. The molecule has 0 fully saturated rings. The third-order valence-electron chi connectivity index (χ3n) is 4.37. The predicted molar refractivity (Wildman–Crippen MR) is 97.1 cm³/mol. The number of hydrogen-bond donors (Lipinski definition) is 0. The molecule has 0 atom stereocenters. The monoisotopic (exact) mass is 335 g/mol. The number of Topliss-reactive ketones (excluding diaryl/α,β-unsaturated/α-hetero) is 1. The summed E-state index contributed by atoms with van der Waals surface area (Å²) in [5.41, 5.74) is 4.45. The quantitative estimate of drug-likeness (QED) is 0.846. The van der Waals surface area contributed by atoms with E-state index in [1.165, 1.54) is 13.8 Å². The summed E-state index contributed by atoms with van der Waals surface area (Å²) in [6.07, 6.45) is 6.14. The van der Waals surface area contributed by atoms with Crippen molar-refractivity contribution >= 4 is 17.8 Å². The van der Waals surface area contributed by atoms with Crippen LogP contribution in [0.25, 0.3) is 6.08 Å². The number of carbonyl (C=O) groups is 2. The number of benzene rings is 1. The number of hydrogen-bond acceptors (Lipinski definition) is 3. The Morgan fingerprint density at radius 2 is 1.88 bits per heavy atom. The second-order valence-corrected chi connectivity index (χ2v) is 6.23. The molecule has 0 spiro atoms. The summed E-state index contributed by atoms with van der Waals surface area (Å²) in [5.74, 6) is 0.404. The zero-order valence-electron chi connectivity index (χ0n) is 14.7. The molecule has 25 heavy (non-hydrogen) atoms. The molecule has 0 saturated carbocycles. The van der Waals surface area contributed by atoms with Gasteiger partial charge in [0.25, 0.3) is 0 Å². The van der Waals surface area contributed by atoms with Gasteiger partial charge in [0.15, 0.2) is 5.78 Å². The average molecular weight is 335 g/mol. The number of rotatable bonds is 4. The van der Waals surface area contributed by atoms with Crippen LogP contribution in [0, 0.1) is 6.92 Å². The largest absolute Gasteiger partial charge is 0.488 e. The third kappa shape index (κ3) is 3.48. The lowest BCUT2D eigenvalue weighted by Crippen LogP contribution is -2.08. The summed E-state index contributed by atoms with van der Waals surface area (Å²) in [6, 6.07) is 9.79. The van der Waals surface area contributed by atoms with Crippen LogP contribution in [0.5, 0.6) is 0 Å². The molecule has 2 aromatic rings. The van der Waals surface area contributed by atoms with Crippen LogP contribution in [0.1, 0.15) is 41.0 Å². The van der Waals surface area contributed by atoms with Gasteiger partial charge in [-0.05, 0) is 37.0 Å². The van der Waals surface area contributed by atoms with Gasteiger partial charge >= 0.3 is 0 Å². The van der Waals surface area contributed by atoms with E-state index in [1.807, 2.05) is 55.6 Å². The second-order valence-electron chi connectivity index (χ2n) is 6.23. The molecule has 128 valence electrons. The first kappa shape index (κ1) is 17.0. The van der Waals surface area contributed by atoms with E-state index in [0.717, 1.165) is 22.4 Å². The second kappa shape index (κ2) is 6.93. The minimum Gasteiger partial charge on any atom is -0.488 e. The highest BCUT2D eigenvalue weighted by Crippen LogP contribution is 2.29. The number of aryl methyl sites for hydroxylation is 1. The molecule has 1 aromatic heterocycles. The maximum absolute atomic E-state index is 12.1. The molecule has 3 rings (SSSR count). The van der Waals surface area contributed by atoms with E-state index in [4.69, 9.17) is 4.74 Å². The fraction of sp³-hybridized carbons (Fsp3) is 0.238. The van der Waals surface area contributed by atoms with E-state index < -0.39 is 0 Å². The molecule has 0 N–H and O–H groups in total. The van der Waals surface area contributed by atoms with Gasteiger partial charge in [0.2, 0.25) is 5.91 Å². The summed E-state index contributed by atoms with van der Waals surface area (Å²) in [6.45, 7) is 5.41. The standard InChI is InChI=1S/C21H21NO3/c1-14-12-22(16(3)24)20-11-21(19(15(2)23)10-9-18(14)20)25-13-17-7-5-4-6-8-17/h4-8,10-12H,9,13H2,1-3H3. The highest BCUT2D eigenvalue weighted by molar-refractivity contribution is 5.99. The molecule has 1 aliphatic carbocycles. The Hall–Kier alpha value is -2.88. The predicted octanol–water partition coefficient (Wildman–Crippen LogP) is 4.09. The van der Waals surface area contributed by atoms with E-state index in [2.05, 4.69) is 0 Å². The van der Waals surface area contributed by atoms with Gasteiger partial charge < -0.3 is 4.74 Å². The van der Waals surface area contributed by atoms with Crippen LogP contribution in [0.3, 0.4) is 0 Å². The number of allylic oxidation sites excluding steroid dienone is 2. The van der Waals surface area contributed by atoms with Crippen LogP contribution in [0.15, 0.2) is 53.9 Å². The normalized spacial score (nSPS) is 13.4. The summed E-state index contributed by atoms with van der Waals surface area (Å²) < 4.78 is 7.59. The van der Waals surface area contributed by atoms with Crippen molar-refractivity contribution < 1.29 is 14.3 Å². The van der Waals surface area contributed by atoms with Gasteiger partial charge in [0, 0.05) is 19.2 Å². The molecule has 4 nitrogen and oxygen atoms in total. The lowest BCUT2D eigenvalue weighted by molar-refractivity contribution is -0.113. The maximum atomic E-state index is 12.1. The van der Waals surface area contributed by atoms with Crippen molar-refractivity contribution in [1.82, 2.24) is 4.57 Å². The Kier molecular flexibility index (Phi) is 4.70. The zero-order valence-corrected chi connectivity index (χ0v) is 14.7. The number of nitrogens with zero attached hydrogens (tertiary/aromatic N) is 1. The van der Waals surface area contributed by atoms with Crippen molar-refractivity contribution in [3.8, 4) is 0 Å². The molecule has 0 saturated heterocycles. The number of ether oxygens (including phenoxy) is 1. The number of carbonyl (C=O) groups excluding carboxylic acids is 2. The number of ketones is 1. The van der Waals surface area contributed by atoms with Crippen LogP contribution < -0.4 is 0 Å². The Morgan fingerprint density at radius 3 is 2.52 bits per heavy atom. The van der Waals surface area contributed by atoms with Crippen LogP contribution in [-0.4, -0.2) is 16.3 Å². The molecule has 0 bridgehead atoms. The lowest BCUT2D eigenvalue weighted by Gasteiger charge is -2.12. The molecule has 0 aliphatic heterocycles. The van der Waals surface area contributed by atoms with E-state index in [-0.39, 0.29) is 11.7 Å². The van der Waals surface area contributed by atoms with Crippen molar-refractivity contribution in [1.29, 1.82) is 0 Å². The van der Waals surface area contributed by atoms with Crippen molar-refractivity contribution in [2.75, 3.05) is 0 Å². The third-order valence-corrected chi connectivity index (χ3v) is 4.37. The smallest absolute Gasteiger partial charge is 0.227 e. The first-order valence-electron chi connectivity index (χ1n) is 8.29. The van der Waals surface area contributed by atoms with Gasteiger partial charge in [0.1, 0.15) is 12.4 Å². The van der Waals surface area contributed by atoms with Gasteiger partial charge in [-0.1, -0.05) is 36.4 Å². The Labute approximate surface area is 147 Å². The molecule has 0 unspecified atom stereocenters. The van der Waals surface area contributed by atoms with Crippen molar-refractivity contribution in [3.05, 3.63) is 76.3 Å². The number of aromatic nitrogens is 1. The SMILES string of the molecule is CC(=O)C1=CCc2c(C)cn(C(C)=O)c2C=C1OCc1ccccc1. The average Bonchev–Trinajstić information content (AvgIpc) is 2.78. The molecule has 0 radical (unpaired) electrons. The van der Waals surface area contributed by atoms with Gasteiger partial charge in [-0.25, -0.2) is 0 Å². The van der Waals surface area contributed by atoms with Crippen molar-refractivity contribution in [2.45, 2.75) is 33.8 Å². The minimum atomic E-state index is -0.0608. The molecule has 4 heteroatoms. The molecule has 1 aliphatic rings. The van der Waals surface area contributed by atoms with E-state index >= 15 is 0 Å². The van der Waals surface area contributed by atoms with Crippen LogP contribution in [-0.2, 0) is 22.6 Å². The first-order valence-corrected chi connectivity index (χ1v) is 8.29. The van der Waals surface area contributed by atoms with Gasteiger partial charge in [-0.2, -0.15) is 0 Å². The first-order chi connectivity index (χ1) is 12.0. The molecular formula is C21H21NO3. The van der Waals surface area contributed by atoms with Crippen molar-refractivity contribution in [3.63, 3.8) is 0 Å². The lowest BCUT2D eigenvalue weighted by atomic mass is 10.1. The van der Waals surface area contributed by atoms with Crippen LogP contribution >= 0.6 is 0 Å². The van der Waals surface area contributed by atoms with E-state index in [0.29, 0.717) is 24.4 Å². The fourth-order valence-corrected chi connectivity index (χ4v) is 3.05. The van der Waals surface area contributed by atoms with Gasteiger partial charge in [0.05, 0.1) is 11.3 Å². The van der Waals surface area contributed by atoms with Crippen LogP contribution in [0.4, 0.5) is 0 Å². The Morgan fingerprint density at radius 1 is 1.16 bits per heavy atom. The Balaban J connectivity index is 2.01. The fourth-order valence-electron chi connectivity index (χ4n) is 3.05. The topological polar surface area (TPSA) is 48.3 Å². The van der Waals surface area contributed by atoms with E-state index in [1.54, 1.807) is 4.57 Å². The van der Waals surface area contributed by atoms with Crippen molar-refractivity contribution in [2.24, 2.45) is 0 Å². The van der Waals surface area contributed by atoms with Crippen LogP contribution in [0.2, 0.25) is 0 Å². The van der Waals surface area contributed by atoms with Gasteiger partial charge in [-0.15, -0.1) is 0 Å². The zero-order chi connectivity index (χ0) is 18.0. The molecule has 1 heterocycles. The molecule has 0 amide bonds. The van der Waals surface area contributed by atoms with Gasteiger partial charge in [-0.3, -0.25) is 14.2 Å². The summed E-state index contributed by atoms with van der Waals surface area (Å²) in [4.78, 5) is 24.0.